The van der Waals surface area contributed by atoms with Crippen molar-refractivity contribution in [3.63, 3.8) is 0 Å². The van der Waals surface area contributed by atoms with Crippen LogP contribution in [0.3, 0.4) is 0 Å². The Morgan fingerprint density at radius 1 is 0.550 bits per heavy atom. The van der Waals surface area contributed by atoms with E-state index in [4.69, 9.17) is 9.98 Å². The molecule has 6 rings (SSSR count). The smallest absolute Gasteiger partial charge is 0.0642 e. The van der Waals surface area contributed by atoms with E-state index < -0.39 is 0 Å². The Labute approximate surface area is 269 Å². The Bertz CT molecular complexity index is 1240. The Hall–Kier alpha value is -1.88. The van der Waals surface area contributed by atoms with Gasteiger partial charge in [0, 0.05) is 11.4 Å². The van der Waals surface area contributed by atoms with Gasteiger partial charge in [-0.1, -0.05) is 86.3 Å². The van der Waals surface area contributed by atoms with Crippen molar-refractivity contribution in [2.75, 3.05) is 0 Å². The molecule has 2 aliphatic carbocycles. The first-order valence-corrected chi connectivity index (χ1v) is 17.2. The molecule has 40 heavy (non-hydrogen) atoms. The second kappa shape index (κ2) is 19.3. The van der Waals surface area contributed by atoms with Crippen LogP contribution >= 0.6 is 19.1 Å². The number of aliphatic imine (C=N–C) groups is 2. The fourth-order valence-corrected chi connectivity index (χ4v) is 4.94. The molecule has 0 atom stereocenters. The summed E-state index contributed by atoms with van der Waals surface area (Å²) < 4.78 is 0. The SMILES string of the molecule is [Cl][Pd+].[Cl][Pd+].[c-]1ccc2c(c1)CCCC2=NCc1ccccc1.[c-]1ccc2c(c1)CCCC2=NCc1ccccc1. The van der Waals surface area contributed by atoms with Gasteiger partial charge >= 0.3 is 55.4 Å². The molecule has 0 saturated heterocycles. The molecule has 0 N–H and O–H groups in total. The summed E-state index contributed by atoms with van der Waals surface area (Å²) in [5.41, 5.74) is 10.5. The number of hydrogen-bond donors (Lipinski definition) is 0. The maximum absolute atomic E-state index is 4.80. The van der Waals surface area contributed by atoms with E-state index in [1.165, 1.54) is 57.6 Å². The summed E-state index contributed by atoms with van der Waals surface area (Å²) in [5, 5.41) is 0. The van der Waals surface area contributed by atoms with Crippen molar-refractivity contribution >= 4 is 30.5 Å². The molecule has 4 aromatic carbocycles. The van der Waals surface area contributed by atoms with Gasteiger partial charge in [0.25, 0.3) is 0 Å². The van der Waals surface area contributed by atoms with Crippen molar-refractivity contribution in [1.82, 2.24) is 0 Å². The van der Waals surface area contributed by atoms with Crippen molar-refractivity contribution < 1.29 is 36.4 Å². The molecule has 212 valence electrons. The van der Waals surface area contributed by atoms with E-state index in [2.05, 4.69) is 140 Å². The maximum Gasteiger partial charge on any atom is 0.0642 e. The third-order valence-electron chi connectivity index (χ3n) is 6.83. The molecular formula is C34H32Cl2N2Pd2. The number of rotatable bonds is 4. The molecule has 0 amide bonds. The molecule has 0 unspecified atom stereocenters. The van der Waals surface area contributed by atoms with E-state index >= 15 is 0 Å². The predicted molar refractivity (Wildman–Crippen MR) is 162 cm³/mol. The number of hydrogen-bond acceptors (Lipinski definition) is 2. The summed E-state index contributed by atoms with van der Waals surface area (Å²) in [5.74, 6) is 0. The molecule has 2 nitrogen and oxygen atoms in total. The Balaban J connectivity index is 0.000000196. The van der Waals surface area contributed by atoms with E-state index in [-0.39, 0.29) is 0 Å². The van der Waals surface area contributed by atoms with Crippen molar-refractivity contribution in [3.05, 3.63) is 143 Å². The van der Waals surface area contributed by atoms with E-state index in [9.17, 15) is 0 Å². The zero-order valence-electron chi connectivity index (χ0n) is 22.2. The van der Waals surface area contributed by atoms with Crippen molar-refractivity contribution in [1.29, 1.82) is 0 Å². The number of benzene rings is 4. The van der Waals surface area contributed by atoms with Crippen LogP contribution in [-0.2, 0) is 62.3 Å². The fraction of sp³-hybridized carbons (Fsp3) is 0.235. The Morgan fingerprint density at radius 3 is 1.35 bits per heavy atom. The van der Waals surface area contributed by atoms with E-state index in [0.717, 1.165) is 38.8 Å². The second-order valence-corrected chi connectivity index (χ2v) is 9.37. The first-order chi connectivity index (χ1) is 19.9. The summed E-state index contributed by atoms with van der Waals surface area (Å²) in [6.45, 7) is 1.57. The van der Waals surface area contributed by atoms with Crippen LogP contribution in [0.25, 0.3) is 0 Å². The minimum absolute atomic E-state index is 0.786. The molecule has 0 radical (unpaired) electrons. The van der Waals surface area contributed by atoms with Gasteiger partial charge in [0.2, 0.25) is 0 Å². The van der Waals surface area contributed by atoms with Crippen LogP contribution < -0.4 is 0 Å². The summed E-state index contributed by atoms with van der Waals surface area (Å²) in [4.78, 5) is 9.60. The van der Waals surface area contributed by atoms with Gasteiger partial charge in [0.1, 0.15) is 0 Å². The number of nitrogens with zero attached hydrogens (tertiary/aromatic N) is 2. The average Bonchev–Trinajstić information content (AvgIpc) is 3.06. The molecule has 0 spiro atoms. The van der Waals surface area contributed by atoms with E-state index in [0.29, 0.717) is 0 Å². The van der Waals surface area contributed by atoms with Crippen LogP contribution in [0.15, 0.2) is 107 Å². The van der Waals surface area contributed by atoms with Gasteiger partial charge in [-0.05, 0) is 24.0 Å². The normalized spacial score (nSPS) is 15.2. The number of fused-ring (bicyclic) bond motifs is 2. The topological polar surface area (TPSA) is 24.7 Å². The van der Waals surface area contributed by atoms with Gasteiger partial charge in [-0.2, -0.15) is 48.5 Å². The average molecular weight is 752 g/mol. The summed E-state index contributed by atoms with van der Waals surface area (Å²) in [7, 11) is 8.98. The largest absolute Gasteiger partial charge is 0.287 e. The van der Waals surface area contributed by atoms with Gasteiger partial charge < -0.3 is 0 Å². The van der Waals surface area contributed by atoms with Crippen molar-refractivity contribution in [2.45, 2.75) is 51.6 Å². The molecule has 0 saturated carbocycles. The van der Waals surface area contributed by atoms with Gasteiger partial charge in [-0.15, -0.1) is 22.3 Å². The molecule has 0 aromatic heterocycles. The van der Waals surface area contributed by atoms with Crippen molar-refractivity contribution in [3.8, 4) is 0 Å². The molecule has 4 aromatic rings. The van der Waals surface area contributed by atoms with Crippen molar-refractivity contribution in [2.24, 2.45) is 9.98 Å². The Kier molecular flexibility index (Phi) is 15.7. The number of halogens is 2. The minimum Gasteiger partial charge on any atom is -0.287 e. The molecular weight excluding hydrogens is 720 g/mol. The molecule has 6 heteroatoms. The third-order valence-corrected chi connectivity index (χ3v) is 6.83. The molecule has 0 heterocycles. The first-order valence-electron chi connectivity index (χ1n) is 13.2. The summed E-state index contributed by atoms with van der Waals surface area (Å²) in [6, 6.07) is 39.7. The predicted octanol–water partition coefficient (Wildman–Crippen LogP) is 9.00. The van der Waals surface area contributed by atoms with E-state index in [1.54, 1.807) is 0 Å². The minimum atomic E-state index is 0.786. The van der Waals surface area contributed by atoms with Crippen LogP contribution in [-0.4, -0.2) is 11.4 Å². The standard InChI is InChI=1S/2C17H16N.2ClH.2Pd/c2*1-2-7-14(8-3-1)13-18-17-12-6-10-15-9-4-5-11-16(15)17;;;;/h2*1-3,5,7-9,11H,6,10,12-13H2;2*1H;;/q2*-1;;;2*+2/p-2. The van der Waals surface area contributed by atoms with Crippen LogP contribution in [0.2, 0.25) is 0 Å². The zero-order valence-corrected chi connectivity index (χ0v) is 26.8. The van der Waals surface area contributed by atoms with Gasteiger partial charge in [0.05, 0.1) is 13.1 Å². The maximum atomic E-state index is 4.80. The second-order valence-electron chi connectivity index (χ2n) is 9.37. The fourth-order valence-electron chi connectivity index (χ4n) is 4.94. The van der Waals surface area contributed by atoms with Gasteiger partial charge in [0.15, 0.2) is 0 Å². The Morgan fingerprint density at radius 2 is 0.950 bits per heavy atom. The number of aryl methyl sites for hydroxylation is 2. The summed E-state index contributed by atoms with van der Waals surface area (Å²) >= 11 is 4.44. The van der Waals surface area contributed by atoms with Crippen LogP contribution in [0.5, 0.6) is 0 Å². The van der Waals surface area contributed by atoms with Crippen LogP contribution in [0.4, 0.5) is 0 Å². The monoisotopic (exact) mass is 750 g/mol. The molecule has 0 bridgehead atoms. The molecule has 2 aliphatic rings. The quantitative estimate of drug-likeness (QED) is 0.147. The molecule has 0 fully saturated rings. The molecule has 0 aliphatic heterocycles. The van der Waals surface area contributed by atoms with Crippen LogP contribution in [0.1, 0.15) is 59.1 Å². The third kappa shape index (κ3) is 10.2. The summed E-state index contributed by atoms with van der Waals surface area (Å²) in [6.07, 6.45) is 6.94. The zero-order chi connectivity index (χ0) is 28.4. The van der Waals surface area contributed by atoms with Gasteiger partial charge in [-0.25, -0.2) is 0 Å². The first kappa shape index (κ1) is 32.6. The van der Waals surface area contributed by atoms with Crippen LogP contribution in [0, 0.1) is 12.1 Å². The van der Waals surface area contributed by atoms with Gasteiger partial charge in [-0.3, -0.25) is 9.98 Å². The van der Waals surface area contributed by atoms with E-state index in [1.807, 2.05) is 24.3 Å².